The number of fused-ring (bicyclic) bond motifs is 1. The molecule has 1 aliphatic heterocycles. The van der Waals surface area contributed by atoms with Gasteiger partial charge in [0.05, 0.1) is 23.6 Å². The molecule has 2 heterocycles. The van der Waals surface area contributed by atoms with Crippen molar-refractivity contribution in [3.8, 4) is 0 Å². The molecule has 104 valence electrons. The molecule has 1 saturated heterocycles. The van der Waals surface area contributed by atoms with Crippen LogP contribution in [-0.4, -0.2) is 23.0 Å². The molecule has 1 aliphatic rings. The number of ketones is 1. The van der Waals surface area contributed by atoms with E-state index in [1.807, 2.05) is 44.2 Å². The van der Waals surface area contributed by atoms with Gasteiger partial charge in [-0.05, 0) is 44.0 Å². The molecule has 3 rings (SSSR count). The standard InChI is InChI=1S/C17H19NO2/c1-10-11(2)20-12(3)16(10)17(19)14-6-7-15-13(9-14)5-4-8-18-15/h4-12,16H,1-3H3. The van der Waals surface area contributed by atoms with E-state index in [-0.39, 0.29) is 29.8 Å². The van der Waals surface area contributed by atoms with E-state index >= 15 is 0 Å². The number of hydrogen-bond donors (Lipinski definition) is 0. The summed E-state index contributed by atoms with van der Waals surface area (Å²) in [6.45, 7) is 6.13. The molecule has 0 saturated carbocycles. The molecule has 0 bridgehead atoms. The molecule has 1 fully saturated rings. The van der Waals surface area contributed by atoms with E-state index < -0.39 is 0 Å². The second-order valence-corrected chi connectivity index (χ2v) is 5.71. The van der Waals surface area contributed by atoms with E-state index in [2.05, 4.69) is 11.9 Å². The van der Waals surface area contributed by atoms with Crippen molar-refractivity contribution in [1.29, 1.82) is 0 Å². The highest BCUT2D eigenvalue weighted by molar-refractivity contribution is 6.01. The van der Waals surface area contributed by atoms with Crippen LogP contribution in [-0.2, 0) is 4.74 Å². The van der Waals surface area contributed by atoms with Crippen LogP contribution in [0, 0.1) is 11.8 Å². The van der Waals surface area contributed by atoms with Crippen LogP contribution >= 0.6 is 0 Å². The maximum atomic E-state index is 12.8. The average Bonchev–Trinajstić information content (AvgIpc) is 2.71. The summed E-state index contributed by atoms with van der Waals surface area (Å²) in [4.78, 5) is 17.0. The zero-order valence-electron chi connectivity index (χ0n) is 12.0. The van der Waals surface area contributed by atoms with Crippen LogP contribution in [0.1, 0.15) is 31.1 Å². The van der Waals surface area contributed by atoms with E-state index in [1.165, 1.54) is 0 Å². The Bertz CT molecular complexity index is 652. The Hall–Kier alpha value is -1.74. The minimum absolute atomic E-state index is 0.0166. The molecular weight excluding hydrogens is 250 g/mol. The number of carbonyl (C=O) groups excluding carboxylic acids is 1. The highest BCUT2D eigenvalue weighted by atomic mass is 16.5. The van der Waals surface area contributed by atoms with Crippen molar-refractivity contribution in [2.24, 2.45) is 11.8 Å². The molecule has 1 aromatic carbocycles. The quantitative estimate of drug-likeness (QED) is 0.784. The highest BCUT2D eigenvalue weighted by Crippen LogP contribution is 2.34. The van der Waals surface area contributed by atoms with Gasteiger partial charge in [-0.2, -0.15) is 0 Å². The lowest BCUT2D eigenvalue weighted by Gasteiger charge is -2.17. The van der Waals surface area contributed by atoms with E-state index in [0.29, 0.717) is 0 Å². The number of Topliss-reactive ketones (excluding diaryl/α,β-unsaturated/α-hetero) is 1. The molecule has 2 aromatic rings. The van der Waals surface area contributed by atoms with Gasteiger partial charge in [-0.15, -0.1) is 0 Å². The van der Waals surface area contributed by atoms with Gasteiger partial charge in [0.2, 0.25) is 0 Å². The fraction of sp³-hybridized carbons (Fsp3) is 0.412. The van der Waals surface area contributed by atoms with Gasteiger partial charge in [0.25, 0.3) is 0 Å². The third-order valence-corrected chi connectivity index (χ3v) is 4.43. The molecule has 0 radical (unpaired) electrons. The van der Waals surface area contributed by atoms with Gasteiger partial charge in [-0.3, -0.25) is 9.78 Å². The van der Waals surface area contributed by atoms with E-state index in [1.54, 1.807) is 6.20 Å². The summed E-state index contributed by atoms with van der Waals surface area (Å²) in [5, 5.41) is 1.01. The first-order valence-electron chi connectivity index (χ1n) is 7.12. The van der Waals surface area contributed by atoms with Gasteiger partial charge in [0, 0.05) is 17.1 Å². The number of nitrogens with zero attached hydrogens (tertiary/aromatic N) is 1. The molecule has 0 spiro atoms. The molecule has 1 aromatic heterocycles. The van der Waals surface area contributed by atoms with E-state index in [0.717, 1.165) is 16.5 Å². The van der Waals surface area contributed by atoms with Gasteiger partial charge in [0.15, 0.2) is 5.78 Å². The fourth-order valence-corrected chi connectivity index (χ4v) is 3.14. The number of ether oxygens (including phenoxy) is 1. The number of hydrogen-bond acceptors (Lipinski definition) is 3. The predicted molar refractivity (Wildman–Crippen MR) is 78.7 cm³/mol. The van der Waals surface area contributed by atoms with Crippen LogP contribution in [0.5, 0.6) is 0 Å². The molecule has 4 atom stereocenters. The summed E-state index contributed by atoms with van der Waals surface area (Å²) in [6, 6.07) is 9.60. The third-order valence-electron chi connectivity index (χ3n) is 4.43. The summed E-state index contributed by atoms with van der Waals surface area (Å²) in [5.41, 5.74) is 1.67. The topological polar surface area (TPSA) is 39.2 Å². The Labute approximate surface area is 119 Å². The van der Waals surface area contributed by atoms with Crippen LogP contribution in [0.4, 0.5) is 0 Å². The Balaban J connectivity index is 1.96. The van der Waals surface area contributed by atoms with Crippen molar-refractivity contribution in [2.75, 3.05) is 0 Å². The van der Waals surface area contributed by atoms with Crippen molar-refractivity contribution in [1.82, 2.24) is 4.98 Å². The van der Waals surface area contributed by atoms with Crippen LogP contribution in [0.3, 0.4) is 0 Å². The number of carbonyl (C=O) groups is 1. The monoisotopic (exact) mass is 269 g/mol. The van der Waals surface area contributed by atoms with Crippen molar-refractivity contribution in [2.45, 2.75) is 33.0 Å². The van der Waals surface area contributed by atoms with Gasteiger partial charge in [-0.1, -0.05) is 13.0 Å². The Morgan fingerprint density at radius 1 is 1.15 bits per heavy atom. The molecule has 4 unspecified atom stereocenters. The number of pyridine rings is 1. The van der Waals surface area contributed by atoms with E-state index in [4.69, 9.17) is 4.74 Å². The third kappa shape index (κ3) is 2.12. The van der Waals surface area contributed by atoms with Crippen LogP contribution in [0.2, 0.25) is 0 Å². The van der Waals surface area contributed by atoms with Gasteiger partial charge in [-0.25, -0.2) is 0 Å². The first-order valence-corrected chi connectivity index (χ1v) is 7.12. The molecule has 0 amide bonds. The summed E-state index contributed by atoms with van der Waals surface area (Å²) in [5.74, 6) is 0.376. The van der Waals surface area contributed by atoms with Crippen molar-refractivity contribution in [3.05, 3.63) is 42.1 Å². The maximum Gasteiger partial charge on any atom is 0.168 e. The largest absolute Gasteiger partial charge is 0.374 e. The highest BCUT2D eigenvalue weighted by Gasteiger charge is 2.41. The lowest BCUT2D eigenvalue weighted by molar-refractivity contribution is 0.0491. The zero-order chi connectivity index (χ0) is 14.3. The minimum Gasteiger partial charge on any atom is -0.374 e. The average molecular weight is 269 g/mol. The maximum absolute atomic E-state index is 12.8. The molecule has 0 N–H and O–H groups in total. The van der Waals surface area contributed by atoms with Gasteiger partial charge in [0.1, 0.15) is 0 Å². The van der Waals surface area contributed by atoms with Crippen LogP contribution in [0.25, 0.3) is 10.9 Å². The lowest BCUT2D eigenvalue weighted by atomic mass is 9.83. The Morgan fingerprint density at radius 3 is 2.65 bits per heavy atom. The zero-order valence-corrected chi connectivity index (χ0v) is 12.0. The first kappa shape index (κ1) is 13.3. The van der Waals surface area contributed by atoms with E-state index in [9.17, 15) is 4.79 Å². The molecular formula is C17H19NO2. The summed E-state index contributed by atoms with van der Waals surface area (Å²) in [7, 11) is 0. The smallest absolute Gasteiger partial charge is 0.168 e. The normalized spacial score (nSPS) is 29.8. The summed E-state index contributed by atoms with van der Waals surface area (Å²) >= 11 is 0. The van der Waals surface area contributed by atoms with Gasteiger partial charge < -0.3 is 4.74 Å². The second-order valence-electron chi connectivity index (χ2n) is 5.71. The van der Waals surface area contributed by atoms with Crippen LogP contribution < -0.4 is 0 Å². The van der Waals surface area contributed by atoms with Crippen molar-refractivity contribution < 1.29 is 9.53 Å². The van der Waals surface area contributed by atoms with Crippen molar-refractivity contribution in [3.63, 3.8) is 0 Å². The summed E-state index contributed by atoms with van der Waals surface area (Å²) in [6.07, 6.45) is 1.89. The summed E-state index contributed by atoms with van der Waals surface area (Å²) < 4.78 is 5.78. The minimum atomic E-state index is -0.0564. The number of aromatic nitrogens is 1. The van der Waals surface area contributed by atoms with Crippen LogP contribution in [0.15, 0.2) is 36.5 Å². The lowest BCUT2D eigenvalue weighted by Crippen LogP contribution is -2.26. The second kappa shape index (κ2) is 4.98. The van der Waals surface area contributed by atoms with Gasteiger partial charge >= 0.3 is 0 Å². The predicted octanol–water partition coefficient (Wildman–Crippen LogP) is 3.48. The van der Waals surface area contributed by atoms with Crippen molar-refractivity contribution >= 4 is 16.7 Å². The SMILES string of the molecule is CC1OC(C)C(C(=O)c2ccc3ncccc3c2)C1C. The number of rotatable bonds is 2. The molecule has 20 heavy (non-hydrogen) atoms. The number of benzene rings is 1. The molecule has 3 heteroatoms. The Kier molecular flexibility index (Phi) is 3.30. The molecule has 3 nitrogen and oxygen atoms in total. The Morgan fingerprint density at radius 2 is 1.95 bits per heavy atom. The molecule has 0 aliphatic carbocycles. The fourth-order valence-electron chi connectivity index (χ4n) is 3.14. The first-order chi connectivity index (χ1) is 9.58.